The molecule has 1 heterocycles. The van der Waals surface area contributed by atoms with E-state index in [-0.39, 0.29) is 17.9 Å². The molecule has 0 radical (unpaired) electrons. The summed E-state index contributed by atoms with van der Waals surface area (Å²) >= 11 is 0. The van der Waals surface area contributed by atoms with Crippen LogP contribution in [-0.2, 0) is 19.8 Å². The molecule has 0 atom stereocenters. The van der Waals surface area contributed by atoms with Gasteiger partial charge in [0.05, 0.1) is 13.2 Å². The van der Waals surface area contributed by atoms with E-state index in [9.17, 15) is 23.4 Å². The molecule has 11 heteroatoms. The van der Waals surface area contributed by atoms with Crippen LogP contribution < -0.4 is 4.28 Å². The Morgan fingerprint density at radius 3 is 2.22 bits per heavy atom. The van der Waals surface area contributed by atoms with Crippen LogP contribution in [0.2, 0.25) is 0 Å². The minimum Gasteiger partial charge on any atom is -0.492 e. The number of rotatable bonds is 6. The third-order valence-electron chi connectivity index (χ3n) is 2.33. The second-order valence-electron chi connectivity index (χ2n) is 5.42. The zero-order valence-corrected chi connectivity index (χ0v) is 14.0. The van der Waals surface area contributed by atoms with Crippen LogP contribution in [0.4, 0.5) is 4.79 Å². The van der Waals surface area contributed by atoms with Crippen molar-refractivity contribution in [1.29, 1.82) is 0 Å². The first-order valence-corrected chi connectivity index (χ1v) is 7.88. The average molecular weight is 352 g/mol. The predicted molar refractivity (Wildman–Crippen MR) is 78.1 cm³/mol. The average Bonchev–Trinajstić information content (AvgIpc) is 2.68. The summed E-state index contributed by atoms with van der Waals surface area (Å²) in [5.41, 5.74) is -0.935. The standard InChI is InChI=1S/C12H20N2O8S/c1-12(2,3)21-11(17)13(7-8-20-4)23(18,19)22-14-9(15)5-6-10(14)16/h5-6,15-16H,7-8H2,1-4H3. The lowest BCUT2D eigenvalue weighted by atomic mass is 10.2. The molecular formula is C12H20N2O8S. The van der Waals surface area contributed by atoms with Gasteiger partial charge < -0.3 is 19.7 Å². The highest BCUT2D eigenvalue weighted by Gasteiger charge is 2.34. The molecule has 0 aliphatic rings. The zero-order valence-electron chi connectivity index (χ0n) is 13.2. The molecule has 132 valence electrons. The maximum Gasteiger partial charge on any atom is 0.433 e. The molecule has 0 saturated heterocycles. The molecule has 0 aliphatic heterocycles. The van der Waals surface area contributed by atoms with Gasteiger partial charge in [0.15, 0.2) is 0 Å². The fourth-order valence-electron chi connectivity index (χ4n) is 1.39. The molecular weight excluding hydrogens is 332 g/mol. The van der Waals surface area contributed by atoms with Gasteiger partial charge in [-0.3, -0.25) is 4.28 Å². The maximum atomic E-state index is 12.2. The van der Waals surface area contributed by atoms with Crippen molar-refractivity contribution in [1.82, 2.24) is 9.04 Å². The fraction of sp³-hybridized carbons (Fsp3) is 0.583. The first-order valence-electron chi connectivity index (χ1n) is 6.52. The molecule has 1 amide bonds. The van der Waals surface area contributed by atoms with Crippen molar-refractivity contribution < 1.29 is 37.2 Å². The van der Waals surface area contributed by atoms with Gasteiger partial charge in [-0.15, -0.1) is 0 Å². The highest BCUT2D eigenvalue weighted by molar-refractivity contribution is 7.85. The van der Waals surface area contributed by atoms with E-state index in [1.807, 2.05) is 0 Å². The van der Waals surface area contributed by atoms with Crippen LogP contribution >= 0.6 is 0 Å². The Hall–Kier alpha value is -2.14. The van der Waals surface area contributed by atoms with E-state index >= 15 is 0 Å². The van der Waals surface area contributed by atoms with Crippen molar-refractivity contribution in [3.63, 3.8) is 0 Å². The van der Waals surface area contributed by atoms with Crippen molar-refractivity contribution in [3.8, 4) is 11.8 Å². The number of amides is 1. The van der Waals surface area contributed by atoms with Crippen LogP contribution in [-0.4, -0.2) is 59.6 Å². The SMILES string of the molecule is COCCN(C(=O)OC(C)(C)C)S(=O)(=O)On1c(O)ccc1O. The molecule has 10 nitrogen and oxygen atoms in total. The second kappa shape index (κ2) is 6.96. The Morgan fingerprint density at radius 1 is 1.26 bits per heavy atom. The zero-order chi connectivity index (χ0) is 17.8. The minimum absolute atomic E-state index is 0.106. The Labute approximate surface area is 134 Å². The summed E-state index contributed by atoms with van der Waals surface area (Å²) in [6, 6.07) is 2.02. The van der Waals surface area contributed by atoms with Crippen molar-refractivity contribution in [2.45, 2.75) is 26.4 Å². The Kier molecular flexibility index (Phi) is 5.72. The maximum absolute atomic E-state index is 12.2. The molecule has 1 rings (SSSR count). The van der Waals surface area contributed by atoms with Gasteiger partial charge in [-0.2, -0.15) is 12.7 Å². The molecule has 2 N–H and O–H groups in total. The molecule has 0 bridgehead atoms. The van der Waals surface area contributed by atoms with Crippen LogP contribution in [0.5, 0.6) is 11.8 Å². The van der Waals surface area contributed by atoms with Gasteiger partial charge in [0.2, 0.25) is 11.8 Å². The van der Waals surface area contributed by atoms with E-state index < -0.39 is 33.8 Å². The van der Waals surface area contributed by atoms with E-state index in [1.165, 1.54) is 7.11 Å². The third-order valence-corrected chi connectivity index (χ3v) is 3.54. The van der Waals surface area contributed by atoms with Crippen molar-refractivity contribution in [3.05, 3.63) is 12.1 Å². The van der Waals surface area contributed by atoms with Gasteiger partial charge in [-0.25, -0.2) is 4.79 Å². The van der Waals surface area contributed by atoms with Crippen molar-refractivity contribution in [2.75, 3.05) is 20.3 Å². The summed E-state index contributed by atoms with van der Waals surface area (Å²) in [6.07, 6.45) is -1.18. The topological polar surface area (TPSA) is 128 Å². The van der Waals surface area contributed by atoms with E-state index in [1.54, 1.807) is 20.8 Å². The lowest BCUT2D eigenvalue weighted by Gasteiger charge is -2.26. The summed E-state index contributed by atoms with van der Waals surface area (Å²) in [7, 11) is -3.39. The quantitative estimate of drug-likeness (QED) is 0.755. The lowest BCUT2D eigenvalue weighted by Crippen LogP contribution is -2.45. The summed E-state index contributed by atoms with van der Waals surface area (Å²) in [5.74, 6) is -1.33. The largest absolute Gasteiger partial charge is 0.492 e. The van der Waals surface area contributed by atoms with E-state index in [0.29, 0.717) is 4.31 Å². The molecule has 0 aliphatic carbocycles. The normalized spacial score (nSPS) is 12.0. The van der Waals surface area contributed by atoms with Gasteiger partial charge >= 0.3 is 16.4 Å². The van der Waals surface area contributed by atoms with Gasteiger partial charge in [0.1, 0.15) is 5.60 Å². The Bertz CT molecular complexity index is 627. The van der Waals surface area contributed by atoms with Crippen LogP contribution in [0.1, 0.15) is 20.8 Å². The van der Waals surface area contributed by atoms with Crippen LogP contribution in [0, 0.1) is 0 Å². The number of aromatic hydroxyl groups is 2. The van der Waals surface area contributed by atoms with E-state index in [4.69, 9.17) is 9.47 Å². The molecule has 1 aromatic heterocycles. The number of carbonyl (C=O) groups excluding carboxylic acids is 1. The number of hydrogen-bond acceptors (Lipinski definition) is 8. The van der Waals surface area contributed by atoms with Gasteiger partial charge in [0.25, 0.3) is 0 Å². The predicted octanol–water partition coefficient (Wildman–Crippen LogP) is 0.456. The number of ether oxygens (including phenoxy) is 2. The van der Waals surface area contributed by atoms with E-state index in [0.717, 1.165) is 12.1 Å². The molecule has 0 fully saturated rings. The molecule has 23 heavy (non-hydrogen) atoms. The lowest BCUT2D eigenvalue weighted by molar-refractivity contribution is 0.0330. The van der Waals surface area contributed by atoms with Crippen LogP contribution in [0.25, 0.3) is 0 Å². The molecule has 0 unspecified atom stereocenters. The smallest absolute Gasteiger partial charge is 0.433 e. The molecule has 1 aromatic rings. The van der Waals surface area contributed by atoms with Crippen molar-refractivity contribution >= 4 is 16.4 Å². The molecule has 0 saturated carbocycles. The number of hydrogen-bond donors (Lipinski definition) is 2. The minimum atomic E-state index is -4.71. The Morgan fingerprint density at radius 2 is 1.78 bits per heavy atom. The summed E-state index contributed by atoms with van der Waals surface area (Å²) in [5, 5.41) is 18.9. The van der Waals surface area contributed by atoms with Gasteiger partial charge in [0, 0.05) is 19.2 Å². The monoisotopic (exact) mass is 352 g/mol. The highest BCUT2D eigenvalue weighted by atomic mass is 32.2. The first-order chi connectivity index (χ1) is 10.5. The third kappa shape index (κ3) is 5.21. The van der Waals surface area contributed by atoms with Crippen LogP contribution in [0.3, 0.4) is 0 Å². The summed E-state index contributed by atoms with van der Waals surface area (Å²) < 4.78 is 39.3. The van der Waals surface area contributed by atoms with E-state index in [2.05, 4.69) is 4.28 Å². The molecule has 0 spiro atoms. The summed E-state index contributed by atoms with van der Waals surface area (Å²) in [4.78, 5) is 12.1. The first kappa shape index (κ1) is 18.9. The number of nitrogens with zero attached hydrogens (tertiary/aromatic N) is 2. The highest BCUT2D eigenvalue weighted by Crippen LogP contribution is 2.21. The number of carbonyl (C=O) groups is 1. The van der Waals surface area contributed by atoms with Crippen LogP contribution in [0.15, 0.2) is 12.1 Å². The fourth-order valence-corrected chi connectivity index (χ4v) is 2.33. The number of methoxy groups -OCH3 is 1. The Balaban J connectivity index is 3.06. The second-order valence-corrected chi connectivity index (χ2v) is 6.87. The molecule has 0 aromatic carbocycles. The summed E-state index contributed by atoms with van der Waals surface area (Å²) in [6.45, 7) is 4.21. The van der Waals surface area contributed by atoms with Gasteiger partial charge in [-0.05, 0) is 20.8 Å². The number of aromatic nitrogens is 1. The van der Waals surface area contributed by atoms with Gasteiger partial charge in [-0.1, -0.05) is 4.73 Å². The van der Waals surface area contributed by atoms with Crippen molar-refractivity contribution in [2.24, 2.45) is 0 Å².